The normalized spacial score (nSPS) is 12.0. The first-order valence-corrected chi connectivity index (χ1v) is 7.27. The summed E-state index contributed by atoms with van der Waals surface area (Å²) in [5, 5.41) is 10.2. The zero-order valence-corrected chi connectivity index (χ0v) is 12.6. The highest BCUT2D eigenvalue weighted by Gasteiger charge is 2.13. The van der Waals surface area contributed by atoms with Crippen molar-refractivity contribution in [1.82, 2.24) is 0 Å². The Morgan fingerprint density at radius 3 is 2.43 bits per heavy atom. The number of aliphatic hydroxyl groups is 1. The van der Waals surface area contributed by atoms with Gasteiger partial charge < -0.3 is 14.6 Å². The minimum absolute atomic E-state index is 0.202. The van der Waals surface area contributed by atoms with E-state index in [0.717, 1.165) is 24.2 Å². The number of para-hydroxylation sites is 1. The fourth-order valence-electron chi connectivity index (χ4n) is 2.25. The van der Waals surface area contributed by atoms with Gasteiger partial charge in [0.25, 0.3) is 0 Å². The largest absolute Gasteiger partial charge is 0.496 e. The molecule has 1 N–H and O–H groups in total. The zero-order valence-electron chi connectivity index (χ0n) is 12.6. The van der Waals surface area contributed by atoms with Gasteiger partial charge in [-0.05, 0) is 30.2 Å². The highest BCUT2D eigenvalue weighted by Crippen LogP contribution is 2.25. The average molecular weight is 286 g/mol. The second-order valence-electron chi connectivity index (χ2n) is 4.96. The topological polar surface area (TPSA) is 38.7 Å². The lowest BCUT2D eigenvalue weighted by atomic mass is 10.1. The van der Waals surface area contributed by atoms with E-state index in [0.29, 0.717) is 5.75 Å². The van der Waals surface area contributed by atoms with E-state index >= 15 is 0 Å². The van der Waals surface area contributed by atoms with Gasteiger partial charge in [0.05, 0.1) is 7.11 Å². The summed E-state index contributed by atoms with van der Waals surface area (Å²) in [4.78, 5) is 0. The summed E-state index contributed by atoms with van der Waals surface area (Å²) >= 11 is 0. The Morgan fingerprint density at radius 2 is 1.76 bits per heavy atom. The monoisotopic (exact) mass is 286 g/mol. The number of rotatable bonds is 7. The molecule has 0 aliphatic rings. The standard InChI is InChI=1S/C18H22O3/c1-3-6-14-9-11-15(12-10-14)21-13-17(19)16-7-4-5-8-18(16)20-2/h4-5,7-12,17,19H,3,6,13H2,1-2H3. The van der Waals surface area contributed by atoms with Crippen molar-refractivity contribution in [2.24, 2.45) is 0 Å². The van der Waals surface area contributed by atoms with Crippen LogP contribution < -0.4 is 9.47 Å². The fourth-order valence-corrected chi connectivity index (χ4v) is 2.25. The van der Waals surface area contributed by atoms with Crippen LogP contribution in [0.1, 0.15) is 30.6 Å². The molecule has 1 atom stereocenters. The number of ether oxygens (including phenoxy) is 2. The van der Waals surface area contributed by atoms with Crippen LogP contribution in [0, 0.1) is 0 Å². The third-order valence-corrected chi connectivity index (χ3v) is 3.37. The van der Waals surface area contributed by atoms with Crippen molar-refractivity contribution >= 4 is 0 Å². The molecule has 1 unspecified atom stereocenters. The maximum atomic E-state index is 10.2. The Kier molecular flexibility index (Phi) is 5.64. The maximum Gasteiger partial charge on any atom is 0.124 e. The molecular weight excluding hydrogens is 264 g/mol. The number of hydrogen-bond donors (Lipinski definition) is 1. The van der Waals surface area contributed by atoms with Gasteiger partial charge in [-0.15, -0.1) is 0 Å². The van der Waals surface area contributed by atoms with Crippen LogP contribution in [0.15, 0.2) is 48.5 Å². The maximum absolute atomic E-state index is 10.2. The smallest absolute Gasteiger partial charge is 0.124 e. The van der Waals surface area contributed by atoms with Gasteiger partial charge in [-0.2, -0.15) is 0 Å². The van der Waals surface area contributed by atoms with Crippen molar-refractivity contribution < 1.29 is 14.6 Å². The molecule has 0 fully saturated rings. The van der Waals surface area contributed by atoms with Gasteiger partial charge in [0, 0.05) is 5.56 Å². The predicted molar refractivity (Wildman–Crippen MR) is 83.9 cm³/mol. The number of aliphatic hydroxyl groups excluding tert-OH is 1. The van der Waals surface area contributed by atoms with E-state index in [1.807, 2.05) is 36.4 Å². The molecule has 2 aromatic carbocycles. The Hall–Kier alpha value is -2.00. The summed E-state index contributed by atoms with van der Waals surface area (Å²) in [6.45, 7) is 2.36. The van der Waals surface area contributed by atoms with Crippen molar-refractivity contribution in [1.29, 1.82) is 0 Å². The Labute approximate surface area is 126 Å². The van der Waals surface area contributed by atoms with Crippen LogP contribution in [0.5, 0.6) is 11.5 Å². The molecule has 0 spiro atoms. The predicted octanol–water partition coefficient (Wildman–Crippen LogP) is 3.76. The van der Waals surface area contributed by atoms with Crippen molar-refractivity contribution in [3.63, 3.8) is 0 Å². The zero-order chi connectivity index (χ0) is 15.1. The molecular formula is C18H22O3. The fraction of sp³-hybridized carbons (Fsp3) is 0.333. The summed E-state index contributed by atoms with van der Waals surface area (Å²) in [7, 11) is 1.60. The molecule has 0 heterocycles. The van der Waals surface area contributed by atoms with Gasteiger partial charge in [-0.3, -0.25) is 0 Å². The van der Waals surface area contributed by atoms with Crippen LogP contribution in [0.3, 0.4) is 0 Å². The highest BCUT2D eigenvalue weighted by atomic mass is 16.5. The molecule has 0 saturated heterocycles. The summed E-state index contributed by atoms with van der Waals surface area (Å²) in [6, 6.07) is 15.4. The second kappa shape index (κ2) is 7.70. The van der Waals surface area contributed by atoms with E-state index in [9.17, 15) is 5.11 Å². The van der Waals surface area contributed by atoms with Crippen molar-refractivity contribution in [2.75, 3.05) is 13.7 Å². The van der Waals surface area contributed by atoms with Crippen LogP contribution in [-0.4, -0.2) is 18.8 Å². The lowest BCUT2D eigenvalue weighted by Gasteiger charge is -2.15. The van der Waals surface area contributed by atoms with Gasteiger partial charge >= 0.3 is 0 Å². The van der Waals surface area contributed by atoms with E-state index in [1.54, 1.807) is 7.11 Å². The molecule has 21 heavy (non-hydrogen) atoms. The SMILES string of the molecule is CCCc1ccc(OCC(O)c2ccccc2OC)cc1. The van der Waals surface area contributed by atoms with Crippen LogP contribution in [0.2, 0.25) is 0 Å². The molecule has 0 aliphatic carbocycles. The van der Waals surface area contributed by atoms with Crippen molar-refractivity contribution in [2.45, 2.75) is 25.9 Å². The van der Waals surface area contributed by atoms with Gasteiger partial charge in [-0.25, -0.2) is 0 Å². The third kappa shape index (κ3) is 4.23. The summed E-state index contributed by atoms with van der Waals surface area (Å²) in [5.74, 6) is 1.44. The van der Waals surface area contributed by atoms with Gasteiger partial charge in [0.15, 0.2) is 0 Å². The van der Waals surface area contributed by atoms with Crippen LogP contribution in [0.25, 0.3) is 0 Å². The Bertz CT molecular complexity index is 549. The first kappa shape index (κ1) is 15.4. The lowest BCUT2D eigenvalue weighted by Crippen LogP contribution is -2.10. The van der Waals surface area contributed by atoms with Gasteiger partial charge in [-0.1, -0.05) is 43.7 Å². The van der Waals surface area contributed by atoms with E-state index < -0.39 is 6.10 Å². The van der Waals surface area contributed by atoms with Crippen LogP contribution in [-0.2, 0) is 6.42 Å². The van der Waals surface area contributed by atoms with E-state index in [-0.39, 0.29) is 6.61 Å². The molecule has 3 nitrogen and oxygen atoms in total. The average Bonchev–Trinajstić information content (AvgIpc) is 2.54. The summed E-state index contributed by atoms with van der Waals surface area (Å²) < 4.78 is 10.9. The quantitative estimate of drug-likeness (QED) is 0.842. The highest BCUT2D eigenvalue weighted by molar-refractivity contribution is 5.35. The van der Waals surface area contributed by atoms with Gasteiger partial charge in [0.1, 0.15) is 24.2 Å². The van der Waals surface area contributed by atoms with Crippen LogP contribution in [0.4, 0.5) is 0 Å². The minimum Gasteiger partial charge on any atom is -0.496 e. The van der Waals surface area contributed by atoms with E-state index in [2.05, 4.69) is 19.1 Å². The molecule has 0 radical (unpaired) electrons. The van der Waals surface area contributed by atoms with Crippen LogP contribution >= 0.6 is 0 Å². The minimum atomic E-state index is -0.712. The molecule has 112 valence electrons. The number of benzene rings is 2. The summed E-state index contributed by atoms with van der Waals surface area (Å²) in [5.41, 5.74) is 2.04. The first-order chi connectivity index (χ1) is 10.2. The molecule has 0 saturated carbocycles. The molecule has 2 rings (SSSR count). The molecule has 3 heteroatoms. The molecule has 0 bridgehead atoms. The Morgan fingerprint density at radius 1 is 1.05 bits per heavy atom. The van der Waals surface area contributed by atoms with E-state index in [4.69, 9.17) is 9.47 Å². The van der Waals surface area contributed by atoms with E-state index in [1.165, 1.54) is 5.56 Å². The van der Waals surface area contributed by atoms with Crippen molar-refractivity contribution in [3.05, 3.63) is 59.7 Å². The number of methoxy groups -OCH3 is 1. The summed E-state index contributed by atoms with van der Waals surface area (Å²) in [6.07, 6.45) is 1.49. The van der Waals surface area contributed by atoms with Gasteiger partial charge in [0.2, 0.25) is 0 Å². The number of hydrogen-bond acceptors (Lipinski definition) is 3. The van der Waals surface area contributed by atoms with Crippen molar-refractivity contribution in [3.8, 4) is 11.5 Å². The lowest BCUT2D eigenvalue weighted by molar-refractivity contribution is 0.105. The number of aryl methyl sites for hydroxylation is 1. The molecule has 0 aromatic heterocycles. The first-order valence-electron chi connectivity index (χ1n) is 7.27. The third-order valence-electron chi connectivity index (χ3n) is 3.37. The second-order valence-corrected chi connectivity index (χ2v) is 4.96. The molecule has 0 aliphatic heterocycles. The Balaban J connectivity index is 1.95. The molecule has 2 aromatic rings. The molecule has 0 amide bonds.